The zero-order valence-electron chi connectivity index (χ0n) is 30.2. The molecule has 0 radical (unpaired) electrons. The maximum atomic E-state index is 13.9. The molecular weight excluding hydrogens is 786 g/mol. The van der Waals surface area contributed by atoms with E-state index in [1.165, 1.54) is 30.4 Å². The minimum atomic E-state index is -4.75. The van der Waals surface area contributed by atoms with Crippen LogP contribution in [0.15, 0.2) is 144 Å². The van der Waals surface area contributed by atoms with E-state index >= 15 is 0 Å². The van der Waals surface area contributed by atoms with E-state index < -0.39 is 41.9 Å². The second-order valence-electron chi connectivity index (χ2n) is 13.0. The van der Waals surface area contributed by atoms with Gasteiger partial charge in [0.2, 0.25) is 19.7 Å². The molecule has 9 nitrogen and oxygen atoms in total. The predicted molar refractivity (Wildman–Crippen MR) is 210 cm³/mol. The van der Waals surface area contributed by atoms with E-state index in [4.69, 9.17) is 4.74 Å². The molecule has 0 atom stereocenters. The van der Waals surface area contributed by atoms with Gasteiger partial charge in [0.1, 0.15) is 35.4 Å². The van der Waals surface area contributed by atoms with Crippen molar-refractivity contribution in [1.29, 1.82) is 21.0 Å². The maximum Gasteiger partial charge on any atom is 0.416 e. The largest absolute Gasteiger partial charge is 0.416 e. The number of rotatable bonds is 8. The van der Waals surface area contributed by atoms with E-state index in [0.29, 0.717) is 28.3 Å². The van der Waals surface area contributed by atoms with Gasteiger partial charge in [-0.3, -0.25) is 0 Å². The molecule has 0 unspecified atom stereocenters. The fourth-order valence-electron chi connectivity index (χ4n) is 6.13. The Morgan fingerprint density at radius 2 is 0.914 bits per heavy atom. The van der Waals surface area contributed by atoms with Gasteiger partial charge in [-0.2, -0.15) is 34.2 Å². The van der Waals surface area contributed by atoms with Crippen molar-refractivity contribution in [3.05, 3.63) is 188 Å². The fourth-order valence-corrected chi connectivity index (χ4v) is 9.51. The van der Waals surface area contributed by atoms with Crippen molar-refractivity contribution in [2.45, 2.75) is 26.3 Å². The van der Waals surface area contributed by atoms with Gasteiger partial charge in [0, 0.05) is 11.1 Å². The first-order chi connectivity index (χ1) is 27.6. The molecule has 14 heteroatoms. The highest BCUT2D eigenvalue weighted by Gasteiger charge is 2.35. The lowest BCUT2D eigenvalue weighted by Crippen LogP contribution is -2.12. The first kappa shape index (κ1) is 40.6. The Hall–Kier alpha value is -7.07. The number of alkyl halides is 3. The molecule has 6 rings (SSSR count). The van der Waals surface area contributed by atoms with Gasteiger partial charge in [-0.05, 0) is 76.7 Å². The summed E-state index contributed by atoms with van der Waals surface area (Å²) >= 11 is 0. The van der Waals surface area contributed by atoms with E-state index in [-0.39, 0.29) is 55.8 Å². The summed E-state index contributed by atoms with van der Waals surface area (Å²) in [5.41, 5.74) is 1.23. The number of ether oxygens (including phenoxy) is 1. The van der Waals surface area contributed by atoms with E-state index in [1.54, 1.807) is 72.8 Å². The average molecular weight is 813 g/mol. The van der Waals surface area contributed by atoms with E-state index in [9.17, 15) is 51.1 Å². The standard InChI is InChI=1S/C44H27F3N4O5S2/c1-28-5-11-31(12-6-28)40-18-35(37(22-48)23-49)19-41(57(40,52)53)32-13-7-29(8-14-32)26-56-27-30-9-15-33(16-10-30)42-20-36(38(24-50)25-51)21-43(58(42,54)55)34-3-2-4-39(17-34)44(45,46)47/h2-21H,26-27H2,1H3. The van der Waals surface area contributed by atoms with Crippen molar-refractivity contribution in [2.24, 2.45) is 0 Å². The Morgan fingerprint density at radius 1 is 0.552 bits per heavy atom. The molecular formula is C44H27F3N4O5S2. The topological polar surface area (TPSA) is 173 Å². The SMILES string of the molecule is Cc1ccc(C2=CC(=C(C#N)C#N)C=C(c3ccc(COCc4ccc(C5=CC(=C(C#N)C#N)C=C(c6cccc(C(F)(F)F)c6)S5(=O)=O)cc4)cc3)S2(=O)=O)cc1. The number of hydrogen-bond donors (Lipinski definition) is 0. The van der Waals surface area contributed by atoms with Crippen LogP contribution in [0, 0.1) is 52.2 Å². The Kier molecular flexibility index (Phi) is 11.3. The fraction of sp³-hybridized carbons (Fsp3) is 0.0909. The third-order valence-corrected chi connectivity index (χ3v) is 12.9. The van der Waals surface area contributed by atoms with Crippen LogP contribution in [-0.2, 0) is 43.8 Å². The number of sulfone groups is 2. The first-order valence-electron chi connectivity index (χ1n) is 17.1. The molecule has 0 saturated carbocycles. The zero-order chi connectivity index (χ0) is 41.8. The number of benzene rings is 4. The summed E-state index contributed by atoms with van der Waals surface area (Å²) in [6.07, 6.45) is 0.0471. The smallest absolute Gasteiger partial charge is 0.372 e. The summed E-state index contributed by atoms with van der Waals surface area (Å²) in [5, 5.41) is 38.1. The van der Waals surface area contributed by atoms with Crippen LogP contribution in [0.4, 0.5) is 13.2 Å². The Bertz CT molecular complexity index is 2920. The molecule has 0 bridgehead atoms. The lowest BCUT2D eigenvalue weighted by molar-refractivity contribution is -0.137. The van der Waals surface area contributed by atoms with Crippen LogP contribution in [0.3, 0.4) is 0 Å². The summed E-state index contributed by atoms with van der Waals surface area (Å²) in [4.78, 5) is -0.942. The summed E-state index contributed by atoms with van der Waals surface area (Å²) in [6, 6.07) is 30.4. The number of halogens is 3. The second kappa shape index (κ2) is 16.2. The highest BCUT2D eigenvalue weighted by atomic mass is 32.2. The van der Waals surface area contributed by atoms with Crippen LogP contribution >= 0.6 is 0 Å². The molecule has 2 heterocycles. The van der Waals surface area contributed by atoms with Crippen molar-refractivity contribution in [2.75, 3.05) is 0 Å². The molecule has 0 saturated heterocycles. The average Bonchev–Trinajstić information content (AvgIpc) is 3.20. The third-order valence-electron chi connectivity index (χ3n) is 9.15. The molecule has 4 aromatic carbocycles. The van der Waals surface area contributed by atoms with Crippen LogP contribution in [0.5, 0.6) is 0 Å². The number of aryl methyl sites for hydroxylation is 1. The van der Waals surface area contributed by atoms with Crippen molar-refractivity contribution < 1.29 is 34.7 Å². The van der Waals surface area contributed by atoms with Gasteiger partial charge in [0.05, 0.1) is 38.4 Å². The summed E-state index contributed by atoms with van der Waals surface area (Å²) in [5.74, 6) is 0. The Morgan fingerprint density at radius 3 is 1.28 bits per heavy atom. The lowest BCUT2D eigenvalue weighted by atomic mass is 10.0. The van der Waals surface area contributed by atoms with Crippen LogP contribution in [0.2, 0.25) is 0 Å². The van der Waals surface area contributed by atoms with Crippen molar-refractivity contribution >= 4 is 39.3 Å². The monoisotopic (exact) mass is 812 g/mol. The number of nitrogens with zero attached hydrogens (tertiary/aromatic N) is 4. The number of allylic oxidation sites excluding steroid dienone is 8. The highest BCUT2D eigenvalue weighted by molar-refractivity contribution is 8.09. The van der Waals surface area contributed by atoms with Crippen LogP contribution in [-0.4, -0.2) is 16.8 Å². The molecule has 0 aromatic heterocycles. The van der Waals surface area contributed by atoms with Gasteiger partial charge in [-0.15, -0.1) is 0 Å². The van der Waals surface area contributed by atoms with Crippen molar-refractivity contribution in [1.82, 2.24) is 0 Å². The lowest BCUT2D eigenvalue weighted by Gasteiger charge is -2.19. The van der Waals surface area contributed by atoms with Gasteiger partial charge in [-0.1, -0.05) is 90.5 Å². The molecule has 0 N–H and O–H groups in total. The van der Waals surface area contributed by atoms with E-state index in [1.807, 2.05) is 19.1 Å². The third kappa shape index (κ3) is 8.22. The summed E-state index contributed by atoms with van der Waals surface area (Å²) < 4.78 is 102. The molecule has 2 aliphatic heterocycles. The van der Waals surface area contributed by atoms with Gasteiger partial charge < -0.3 is 4.74 Å². The van der Waals surface area contributed by atoms with Crippen molar-refractivity contribution in [3.8, 4) is 24.3 Å². The minimum absolute atomic E-state index is 0.0441. The summed E-state index contributed by atoms with van der Waals surface area (Å²) in [7, 11) is -8.50. The first-order valence-corrected chi connectivity index (χ1v) is 20.0. The summed E-state index contributed by atoms with van der Waals surface area (Å²) in [6.45, 7) is 2.04. The Balaban J connectivity index is 1.20. The molecule has 0 amide bonds. The molecule has 0 spiro atoms. The van der Waals surface area contributed by atoms with Gasteiger partial charge >= 0.3 is 6.18 Å². The molecule has 0 aliphatic carbocycles. The van der Waals surface area contributed by atoms with Crippen molar-refractivity contribution in [3.63, 3.8) is 0 Å². The molecule has 58 heavy (non-hydrogen) atoms. The molecule has 286 valence electrons. The number of nitriles is 4. The minimum Gasteiger partial charge on any atom is -0.372 e. The molecule has 2 aliphatic rings. The zero-order valence-corrected chi connectivity index (χ0v) is 31.9. The Labute approximate surface area is 332 Å². The van der Waals surface area contributed by atoms with Gasteiger partial charge in [0.15, 0.2) is 0 Å². The molecule has 0 fully saturated rings. The van der Waals surface area contributed by atoms with Crippen LogP contribution in [0.1, 0.15) is 44.5 Å². The quantitative estimate of drug-likeness (QED) is 0.157. The van der Waals surface area contributed by atoms with Crippen LogP contribution in [0.25, 0.3) is 19.6 Å². The van der Waals surface area contributed by atoms with E-state index in [2.05, 4.69) is 0 Å². The predicted octanol–water partition coefficient (Wildman–Crippen LogP) is 9.04. The maximum absolute atomic E-state index is 13.9. The van der Waals surface area contributed by atoms with Gasteiger partial charge in [0.25, 0.3) is 0 Å². The molecule has 4 aromatic rings. The van der Waals surface area contributed by atoms with E-state index in [0.717, 1.165) is 29.8 Å². The van der Waals surface area contributed by atoms with Crippen LogP contribution < -0.4 is 0 Å². The number of hydrogen-bond acceptors (Lipinski definition) is 9. The second-order valence-corrected chi connectivity index (χ2v) is 16.8. The normalized spacial score (nSPS) is 15.6. The van der Waals surface area contributed by atoms with Gasteiger partial charge in [-0.25, -0.2) is 16.8 Å². The highest BCUT2D eigenvalue weighted by Crippen LogP contribution is 2.42.